The molecule has 0 fully saturated rings. The maximum Gasteiger partial charge on any atom is 0.329 e. The SMILES string of the molecule is COC(=O)C(Cc1ccccc1)N(F)F. The van der Waals surface area contributed by atoms with E-state index in [4.69, 9.17) is 0 Å². The van der Waals surface area contributed by atoms with Crippen LogP contribution in [0.5, 0.6) is 0 Å². The van der Waals surface area contributed by atoms with Crippen LogP contribution in [0.1, 0.15) is 5.56 Å². The summed E-state index contributed by atoms with van der Waals surface area (Å²) in [4.78, 5) is 11.0. The molecule has 1 rings (SSSR count). The molecule has 0 saturated carbocycles. The van der Waals surface area contributed by atoms with E-state index in [1.165, 1.54) is 0 Å². The van der Waals surface area contributed by atoms with Gasteiger partial charge in [0.05, 0.1) is 7.11 Å². The monoisotopic (exact) mass is 215 g/mol. The summed E-state index contributed by atoms with van der Waals surface area (Å²) in [5, 5.41) is -1.13. The van der Waals surface area contributed by atoms with Gasteiger partial charge in [-0.05, 0) is 5.56 Å². The van der Waals surface area contributed by atoms with Crippen LogP contribution >= 0.6 is 0 Å². The van der Waals surface area contributed by atoms with Crippen molar-refractivity contribution in [3.8, 4) is 0 Å². The van der Waals surface area contributed by atoms with Gasteiger partial charge < -0.3 is 4.74 Å². The summed E-state index contributed by atoms with van der Waals surface area (Å²) < 4.78 is 29.0. The molecule has 5 heteroatoms. The predicted octanol–water partition coefficient (Wildman–Crippen LogP) is 1.84. The molecule has 0 radical (unpaired) electrons. The van der Waals surface area contributed by atoms with Crippen LogP contribution in [0.4, 0.5) is 8.96 Å². The van der Waals surface area contributed by atoms with E-state index in [2.05, 4.69) is 4.74 Å². The molecule has 1 unspecified atom stereocenters. The molecule has 0 N–H and O–H groups in total. The van der Waals surface area contributed by atoms with E-state index in [-0.39, 0.29) is 6.42 Å². The van der Waals surface area contributed by atoms with Crippen molar-refractivity contribution >= 4 is 5.97 Å². The summed E-state index contributed by atoms with van der Waals surface area (Å²) in [6, 6.07) is 7.05. The quantitative estimate of drug-likeness (QED) is 0.567. The van der Waals surface area contributed by atoms with Gasteiger partial charge in [0.25, 0.3) is 0 Å². The number of carbonyl (C=O) groups is 1. The number of ether oxygens (including phenoxy) is 1. The Balaban J connectivity index is 2.72. The molecule has 0 aliphatic rings. The standard InChI is InChI=1S/C10H11F2NO2/c1-15-10(14)9(13(11)12)7-8-5-3-2-4-6-8/h2-6,9H,7H2,1H3. The third kappa shape index (κ3) is 3.28. The molecule has 0 spiro atoms. The highest BCUT2D eigenvalue weighted by Crippen LogP contribution is 2.11. The summed E-state index contributed by atoms with van der Waals surface area (Å²) in [6.07, 6.45) is -0.0689. The number of nitrogens with zero attached hydrogens (tertiary/aromatic N) is 1. The van der Waals surface area contributed by atoms with Crippen molar-refractivity contribution in [3.05, 3.63) is 35.9 Å². The lowest BCUT2D eigenvalue weighted by Crippen LogP contribution is -2.34. The minimum atomic E-state index is -1.54. The molecule has 3 nitrogen and oxygen atoms in total. The second kappa shape index (κ2) is 5.41. The van der Waals surface area contributed by atoms with E-state index in [1.807, 2.05) is 0 Å². The Bertz CT molecular complexity index is 316. The highest BCUT2D eigenvalue weighted by molar-refractivity contribution is 5.75. The average Bonchev–Trinajstić information content (AvgIpc) is 2.26. The first-order chi connectivity index (χ1) is 7.15. The van der Waals surface area contributed by atoms with Crippen LogP contribution in [-0.2, 0) is 16.0 Å². The Kier molecular flexibility index (Phi) is 4.17. The van der Waals surface area contributed by atoms with Crippen molar-refractivity contribution < 1.29 is 18.5 Å². The van der Waals surface area contributed by atoms with Gasteiger partial charge in [-0.15, -0.1) is 8.96 Å². The molecular weight excluding hydrogens is 204 g/mol. The zero-order valence-corrected chi connectivity index (χ0v) is 8.19. The Labute approximate surface area is 86.1 Å². The van der Waals surface area contributed by atoms with E-state index >= 15 is 0 Å². The van der Waals surface area contributed by atoms with E-state index in [1.54, 1.807) is 30.3 Å². The number of esters is 1. The van der Waals surface area contributed by atoms with E-state index in [0.29, 0.717) is 5.56 Å². The van der Waals surface area contributed by atoms with Crippen LogP contribution < -0.4 is 0 Å². The molecule has 82 valence electrons. The molecule has 0 aliphatic heterocycles. The first-order valence-corrected chi connectivity index (χ1v) is 4.37. The second-order valence-corrected chi connectivity index (χ2v) is 2.99. The molecular formula is C10H11F2NO2. The van der Waals surface area contributed by atoms with Crippen molar-refractivity contribution in [3.63, 3.8) is 0 Å². The van der Waals surface area contributed by atoms with Gasteiger partial charge in [0.1, 0.15) is 0 Å². The van der Waals surface area contributed by atoms with Crippen LogP contribution in [0.3, 0.4) is 0 Å². The predicted molar refractivity (Wildman–Crippen MR) is 50.0 cm³/mol. The molecule has 0 saturated heterocycles. The van der Waals surface area contributed by atoms with Crippen molar-refractivity contribution in [1.29, 1.82) is 0 Å². The van der Waals surface area contributed by atoms with Gasteiger partial charge in [0, 0.05) is 11.8 Å². The first kappa shape index (κ1) is 11.6. The van der Waals surface area contributed by atoms with Gasteiger partial charge in [-0.2, -0.15) is 0 Å². The smallest absolute Gasteiger partial charge is 0.329 e. The molecule has 0 aliphatic carbocycles. The number of hydrogen-bond donors (Lipinski definition) is 0. The number of methoxy groups -OCH3 is 1. The van der Waals surface area contributed by atoms with Crippen LogP contribution in [0.2, 0.25) is 0 Å². The van der Waals surface area contributed by atoms with Crippen molar-refractivity contribution in [2.75, 3.05) is 7.11 Å². The fourth-order valence-electron chi connectivity index (χ4n) is 1.21. The van der Waals surface area contributed by atoms with Crippen LogP contribution in [-0.4, -0.2) is 24.5 Å². The zero-order valence-electron chi connectivity index (χ0n) is 8.19. The normalized spacial score (nSPS) is 12.5. The molecule has 0 heterocycles. The Hall–Kier alpha value is -1.49. The Morgan fingerprint density at radius 3 is 2.47 bits per heavy atom. The third-order valence-electron chi connectivity index (χ3n) is 1.98. The first-order valence-electron chi connectivity index (χ1n) is 4.37. The van der Waals surface area contributed by atoms with Crippen LogP contribution in [0, 0.1) is 0 Å². The Morgan fingerprint density at radius 2 is 2.00 bits per heavy atom. The number of rotatable bonds is 4. The van der Waals surface area contributed by atoms with Crippen molar-refractivity contribution in [2.24, 2.45) is 0 Å². The summed E-state index contributed by atoms with van der Waals surface area (Å²) in [5.41, 5.74) is 0.660. The Morgan fingerprint density at radius 1 is 1.40 bits per heavy atom. The van der Waals surface area contributed by atoms with E-state index in [0.717, 1.165) is 7.11 Å². The van der Waals surface area contributed by atoms with Crippen molar-refractivity contribution in [2.45, 2.75) is 12.5 Å². The molecule has 0 amide bonds. The summed E-state index contributed by atoms with van der Waals surface area (Å²) >= 11 is 0. The van der Waals surface area contributed by atoms with Gasteiger partial charge >= 0.3 is 5.97 Å². The van der Waals surface area contributed by atoms with Crippen LogP contribution in [0.25, 0.3) is 0 Å². The summed E-state index contributed by atoms with van der Waals surface area (Å²) in [7, 11) is 1.09. The summed E-state index contributed by atoms with van der Waals surface area (Å²) in [6.45, 7) is 0. The second-order valence-electron chi connectivity index (χ2n) is 2.99. The largest absolute Gasteiger partial charge is 0.468 e. The lowest BCUT2D eigenvalue weighted by atomic mass is 10.1. The fraction of sp³-hybridized carbons (Fsp3) is 0.300. The van der Waals surface area contributed by atoms with E-state index in [9.17, 15) is 13.8 Å². The topological polar surface area (TPSA) is 29.5 Å². The highest BCUT2D eigenvalue weighted by atomic mass is 19.4. The number of hydrogen-bond acceptors (Lipinski definition) is 3. The van der Waals surface area contributed by atoms with E-state index < -0.39 is 17.4 Å². The van der Waals surface area contributed by atoms with Gasteiger partial charge in [-0.1, -0.05) is 30.3 Å². The van der Waals surface area contributed by atoms with Gasteiger partial charge in [-0.25, -0.2) is 0 Å². The summed E-state index contributed by atoms with van der Waals surface area (Å²) in [5.74, 6) is -0.941. The molecule has 1 aromatic carbocycles. The minimum Gasteiger partial charge on any atom is -0.468 e. The number of benzene rings is 1. The van der Waals surface area contributed by atoms with Gasteiger partial charge in [0.2, 0.25) is 0 Å². The maximum atomic E-state index is 12.4. The lowest BCUT2D eigenvalue weighted by molar-refractivity contribution is -0.202. The minimum absolute atomic E-state index is 0.0689. The number of carbonyl (C=O) groups excluding carboxylic acids is 1. The maximum absolute atomic E-state index is 12.4. The molecule has 1 atom stereocenters. The third-order valence-corrected chi connectivity index (χ3v) is 1.98. The molecule has 1 aromatic rings. The average molecular weight is 215 g/mol. The van der Waals surface area contributed by atoms with Gasteiger partial charge in [0.15, 0.2) is 6.04 Å². The van der Waals surface area contributed by atoms with Crippen molar-refractivity contribution in [1.82, 2.24) is 5.34 Å². The van der Waals surface area contributed by atoms with Gasteiger partial charge in [-0.3, -0.25) is 4.79 Å². The molecule has 0 bridgehead atoms. The fourth-order valence-corrected chi connectivity index (χ4v) is 1.21. The lowest BCUT2D eigenvalue weighted by Gasteiger charge is -2.13. The van der Waals surface area contributed by atoms with Crippen LogP contribution in [0.15, 0.2) is 30.3 Å². The highest BCUT2D eigenvalue weighted by Gasteiger charge is 2.27. The number of halogens is 2. The zero-order chi connectivity index (χ0) is 11.3. The molecule has 0 aromatic heterocycles. The molecule has 15 heavy (non-hydrogen) atoms.